The normalized spacial score (nSPS) is 10.3. The van der Waals surface area contributed by atoms with E-state index in [9.17, 15) is 0 Å². The lowest BCUT2D eigenvalue weighted by molar-refractivity contribution is 0.412. The standard InChI is InChI=1S/C9H6BrN2O/c1-13-9-3-8-6(2-7(9)10)4-11-5-12-8/h2-3,5H,1H3. The minimum atomic E-state index is 0.764. The average molecular weight is 238 g/mol. The van der Waals surface area contributed by atoms with Crippen molar-refractivity contribution in [1.82, 2.24) is 9.97 Å². The van der Waals surface area contributed by atoms with Gasteiger partial charge in [-0.25, -0.2) is 9.97 Å². The van der Waals surface area contributed by atoms with E-state index in [-0.39, 0.29) is 0 Å². The fourth-order valence-corrected chi connectivity index (χ4v) is 1.59. The molecule has 0 fully saturated rings. The number of hydrogen-bond acceptors (Lipinski definition) is 3. The number of nitrogens with zero attached hydrogens (tertiary/aromatic N) is 2. The highest BCUT2D eigenvalue weighted by Crippen LogP contribution is 2.28. The van der Waals surface area contributed by atoms with Gasteiger partial charge in [-0.2, -0.15) is 0 Å². The molecule has 0 bridgehead atoms. The molecule has 0 saturated carbocycles. The molecule has 0 aliphatic carbocycles. The van der Waals surface area contributed by atoms with Gasteiger partial charge in [0.2, 0.25) is 0 Å². The molecule has 3 nitrogen and oxygen atoms in total. The quantitative estimate of drug-likeness (QED) is 0.763. The number of benzene rings is 1. The van der Waals surface area contributed by atoms with Crippen LogP contribution in [0.15, 0.2) is 22.9 Å². The molecule has 65 valence electrons. The van der Waals surface area contributed by atoms with Crippen LogP contribution in [-0.2, 0) is 0 Å². The van der Waals surface area contributed by atoms with Gasteiger partial charge in [0, 0.05) is 11.5 Å². The van der Waals surface area contributed by atoms with Crippen LogP contribution in [0.5, 0.6) is 5.75 Å². The van der Waals surface area contributed by atoms with Crippen molar-refractivity contribution in [3.05, 3.63) is 29.1 Å². The summed E-state index contributed by atoms with van der Waals surface area (Å²) in [5.41, 5.74) is 0.829. The Labute approximate surface area is 83.9 Å². The zero-order valence-electron chi connectivity index (χ0n) is 6.91. The van der Waals surface area contributed by atoms with Gasteiger partial charge in [0.05, 0.1) is 17.1 Å². The second-order valence-electron chi connectivity index (χ2n) is 2.49. The number of fused-ring (bicyclic) bond motifs is 1. The van der Waals surface area contributed by atoms with Crippen molar-refractivity contribution in [2.75, 3.05) is 7.11 Å². The van der Waals surface area contributed by atoms with Gasteiger partial charge in [0.25, 0.3) is 0 Å². The van der Waals surface area contributed by atoms with Crippen LogP contribution in [0, 0.1) is 6.20 Å². The maximum Gasteiger partial charge on any atom is 0.135 e. The first-order valence-electron chi connectivity index (χ1n) is 3.67. The lowest BCUT2D eigenvalue weighted by atomic mass is 10.2. The molecule has 0 unspecified atom stereocenters. The molecule has 0 N–H and O–H groups in total. The van der Waals surface area contributed by atoms with Crippen molar-refractivity contribution >= 4 is 26.8 Å². The van der Waals surface area contributed by atoms with E-state index in [1.54, 1.807) is 7.11 Å². The summed E-state index contributed by atoms with van der Waals surface area (Å²) in [5.74, 6) is 0.764. The van der Waals surface area contributed by atoms with Crippen LogP contribution in [0.1, 0.15) is 0 Å². The number of ether oxygens (including phenoxy) is 1. The number of hydrogen-bond donors (Lipinski definition) is 0. The van der Waals surface area contributed by atoms with Crippen LogP contribution in [0.3, 0.4) is 0 Å². The number of aromatic nitrogens is 2. The molecule has 13 heavy (non-hydrogen) atoms. The molecule has 0 atom stereocenters. The van der Waals surface area contributed by atoms with E-state index >= 15 is 0 Å². The second kappa shape index (κ2) is 3.30. The summed E-state index contributed by atoms with van der Waals surface area (Å²) in [4.78, 5) is 7.90. The average Bonchev–Trinajstić information content (AvgIpc) is 2.17. The number of rotatable bonds is 1. The third-order valence-corrected chi connectivity index (χ3v) is 2.33. The van der Waals surface area contributed by atoms with Gasteiger partial charge in [-0.3, -0.25) is 0 Å². The van der Waals surface area contributed by atoms with Gasteiger partial charge >= 0.3 is 0 Å². The van der Waals surface area contributed by atoms with E-state index in [1.165, 1.54) is 6.33 Å². The molecule has 1 heterocycles. The van der Waals surface area contributed by atoms with E-state index in [0.717, 1.165) is 21.1 Å². The van der Waals surface area contributed by atoms with Crippen molar-refractivity contribution in [1.29, 1.82) is 0 Å². The summed E-state index contributed by atoms with van der Waals surface area (Å²) in [5, 5.41) is 0.871. The predicted molar refractivity (Wildman–Crippen MR) is 52.6 cm³/mol. The van der Waals surface area contributed by atoms with Crippen LogP contribution in [-0.4, -0.2) is 17.1 Å². The van der Waals surface area contributed by atoms with E-state index in [2.05, 4.69) is 32.1 Å². The van der Waals surface area contributed by atoms with Crippen LogP contribution in [0.4, 0.5) is 0 Å². The molecule has 1 aromatic carbocycles. The fourth-order valence-electron chi connectivity index (χ4n) is 1.08. The van der Waals surface area contributed by atoms with Gasteiger partial charge < -0.3 is 4.74 Å². The monoisotopic (exact) mass is 237 g/mol. The molecular weight excluding hydrogens is 232 g/mol. The van der Waals surface area contributed by atoms with E-state index in [4.69, 9.17) is 4.74 Å². The van der Waals surface area contributed by atoms with Gasteiger partial charge in [0.1, 0.15) is 18.3 Å². The van der Waals surface area contributed by atoms with Crippen molar-refractivity contribution in [2.45, 2.75) is 0 Å². The van der Waals surface area contributed by atoms with Crippen molar-refractivity contribution < 1.29 is 4.74 Å². The Morgan fingerprint density at radius 3 is 3.08 bits per heavy atom. The fraction of sp³-hybridized carbons (Fsp3) is 0.111. The highest BCUT2D eigenvalue weighted by molar-refractivity contribution is 9.10. The SMILES string of the molecule is COc1cc2ncn[c]c2cc1Br. The zero-order valence-corrected chi connectivity index (χ0v) is 8.50. The Hall–Kier alpha value is -1.16. The molecule has 0 aliphatic rings. The van der Waals surface area contributed by atoms with Gasteiger partial charge in [-0.15, -0.1) is 0 Å². The van der Waals surface area contributed by atoms with Gasteiger partial charge in [-0.05, 0) is 22.0 Å². The maximum atomic E-state index is 5.13. The predicted octanol–water partition coefficient (Wildman–Crippen LogP) is 2.20. The Morgan fingerprint density at radius 1 is 1.46 bits per heavy atom. The molecule has 1 radical (unpaired) electrons. The molecule has 2 rings (SSSR count). The lowest BCUT2D eigenvalue weighted by Gasteiger charge is -2.03. The lowest BCUT2D eigenvalue weighted by Crippen LogP contribution is -1.87. The van der Waals surface area contributed by atoms with Crippen LogP contribution in [0.25, 0.3) is 10.9 Å². The minimum Gasteiger partial charge on any atom is -0.495 e. The van der Waals surface area contributed by atoms with E-state index in [1.807, 2.05) is 12.1 Å². The first-order chi connectivity index (χ1) is 6.31. The number of halogens is 1. The summed E-state index contributed by atoms with van der Waals surface area (Å²) in [6.07, 6.45) is 4.31. The summed E-state index contributed by atoms with van der Waals surface area (Å²) in [6, 6.07) is 3.73. The third-order valence-electron chi connectivity index (χ3n) is 1.71. The maximum absolute atomic E-state index is 5.13. The van der Waals surface area contributed by atoms with Crippen LogP contribution in [0.2, 0.25) is 0 Å². The topological polar surface area (TPSA) is 35.0 Å². The van der Waals surface area contributed by atoms with Crippen molar-refractivity contribution in [2.24, 2.45) is 0 Å². The molecule has 0 amide bonds. The molecule has 1 aromatic heterocycles. The second-order valence-corrected chi connectivity index (χ2v) is 3.34. The van der Waals surface area contributed by atoms with Crippen LogP contribution < -0.4 is 4.74 Å². The highest BCUT2D eigenvalue weighted by atomic mass is 79.9. The molecule has 4 heteroatoms. The summed E-state index contributed by atoms with van der Waals surface area (Å²) >= 11 is 3.38. The molecular formula is C9H6BrN2O. The largest absolute Gasteiger partial charge is 0.495 e. The summed E-state index contributed by atoms with van der Waals surface area (Å²) < 4.78 is 6.01. The zero-order chi connectivity index (χ0) is 9.26. The van der Waals surface area contributed by atoms with Crippen molar-refractivity contribution in [3.8, 4) is 5.75 Å². The minimum absolute atomic E-state index is 0.764. The first kappa shape index (κ1) is 8.44. The first-order valence-corrected chi connectivity index (χ1v) is 4.46. The Kier molecular flexibility index (Phi) is 2.14. The smallest absolute Gasteiger partial charge is 0.135 e. The molecule has 0 aliphatic heterocycles. The Balaban J connectivity index is 2.74. The Morgan fingerprint density at radius 2 is 2.31 bits per heavy atom. The molecule has 0 spiro atoms. The summed E-state index contributed by atoms with van der Waals surface area (Å²) in [6.45, 7) is 0. The Bertz CT molecular complexity index is 445. The third kappa shape index (κ3) is 1.49. The summed E-state index contributed by atoms with van der Waals surface area (Å²) in [7, 11) is 1.62. The van der Waals surface area contributed by atoms with E-state index in [0.29, 0.717) is 0 Å². The van der Waals surface area contributed by atoms with Gasteiger partial charge in [-0.1, -0.05) is 0 Å². The highest BCUT2D eigenvalue weighted by Gasteiger charge is 2.02. The van der Waals surface area contributed by atoms with E-state index < -0.39 is 0 Å². The number of methoxy groups -OCH3 is 1. The molecule has 0 saturated heterocycles. The van der Waals surface area contributed by atoms with Crippen LogP contribution >= 0.6 is 15.9 Å². The molecule has 2 aromatic rings. The van der Waals surface area contributed by atoms with Gasteiger partial charge in [0.15, 0.2) is 0 Å². The van der Waals surface area contributed by atoms with Crippen molar-refractivity contribution in [3.63, 3.8) is 0 Å².